The second-order valence-corrected chi connectivity index (χ2v) is 1.97. The van der Waals surface area contributed by atoms with Gasteiger partial charge in [-0.1, -0.05) is 18.2 Å². The number of para-hydroxylation sites is 1. The molecule has 1 aromatic rings. The van der Waals surface area contributed by atoms with Gasteiger partial charge in [-0.15, -0.1) is 0 Å². The van der Waals surface area contributed by atoms with Crippen molar-refractivity contribution in [2.45, 2.75) is 6.92 Å². The van der Waals surface area contributed by atoms with E-state index in [1.165, 1.54) is 6.92 Å². The fourth-order valence-electron chi connectivity index (χ4n) is 0.583. The Morgan fingerprint density at radius 2 is 1.92 bits per heavy atom. The molecule has 0 saturated carbocycles. The molecule has 0 aromatic heterocycles. The molecule has 0 atom stereocenters. The minimum absolute atomic E-state index is 0. The molecular weight excluding hydrogens is 167 g/mol. The average molecular weight is 176 g/mol. The first-order valence-electron chi connectivity index (χ1n) is 3.19. The molecule has 1 aromatic carbocycles. The summed E-state index contributed by atoms with van der Waals surface area (Å²) in [6, 6.07) is 8.82. The van der Waals surface area contributed by atoms with E-state index in [-0.39, 0.29) is 31.0 Å². The third kappa shape index (κ3) is 4.38. The van der Waals surface area contributed by atoms with E-state index < -0.39 is 5.97 Å². The van der Waals surface area contributed by atoms with Gasteiger partial charge in [0.2, 0.25) is 0 Å². The van der Waals surface area contributed by atoms with Crippen LogP contribution in [0.3, 0.4) is 0 Å². The summed E-state index contributed by atoms with van der Waals surface area (Å²) in [5.41, 5.74) is 0. The van der Waals surface area contributed by atoms with Gasteiger partial charge in [0, 0.05) is 6.92 Å². The molecule has 0 N–H and O–H groups in total. The van der Waals surface area contributed by atoms with E-state index in [2.05, 4.69) is 9.78 Å². The maximum Gasteiger partial charge on any atom is 1.00 e. The van der Waals surface area contributed by atoms with Gasteiger partial charge in [0.15, 0.2) is 5.75 Å². The first-order valence-corrected chi connectivity index (χ1v) is 3.19. The van der Waals surface area contributed by atoms with Crippen molar-refractivity contribution in [2.75, 3.05) is 0 Å². The zero-order valence-electron chi connectivity index (χ0n) is 8.11. The maximum absolute atomic E-state index is 10.3. The van der Waals surface area contributed by atoms with Crippen molar-refractivity contribution in [2.24, 2.45) is 0 Å². The summed E-state index contributed by atoms with van der Waals surface area (Å²) in [5, 5.41) is 0. The molecule has 0 aliphatic heterocycles. The molecule has 0 saturated heterocycles. The summed E-state index contributed by atoms with van der Waals surface area (Å²) in [5.74, 6) is 0.0524. The number of benzene rings is 1. The molecular formula is C8H9NaO3. The van der Waals surface area contributed by atoms with Crippen LogP contribution in [0.2, 0.25) is 0 Å². The molecule has 0 aliphatic carbocycles. The fourth-order valence-corrected chi connectivity index (χ4v) is 0.583. The molecule has 0 spiro atoms. The molecule has 0 heterocycles. The Labute approximate surface area is 94.4 Å². The van der Waals surface area contributed by atoms with Gasteiger partial charge in [0.25, 0.3) is 0 Å². The molecule has 60 valence electrons. The monoisotopic (exact) mass is 176 g/mol. The molecule has 1 rings (SSSR count). The summed E-state index contributed by atoms with van der Waals surface area (Å²) in [7, 11) is 0. The first-order chi connectivity index (χ1) is 5.29. The van der Waals surface area contributed by atoms with Crippen LogP contribution in [0.4, 0.5) is 0 Å². The Morgan fingerprint density at radius 1 is 1.33 bits per heavy atom. The van der Waals surface area contributed by atoms with Crippen molar-refractivity contribution >= 4 is 5.97 Å². The third-order valence-corrected chi connectivity index (χ3v) is 0.998. The second-order valence-electron chi connectivity index (χ2n) is 1.97. The van der Waals surface area contributed by atoms with Gasteiger partial charge < -0.3 is 1.43 Å². The minimum Gasteiger partial charge on any atom is -1.00 e. The molecule has 12 heavy (non-hydrogen) atoms. The van der Waals surface area contributed by atoms with Crippen LogP contribution in [0.15, 0.2) is 30.3 Å². The van der Waals surface area contributed by atoms with E-state index in [1.54, 1.807) is 24.3 Å². The van der Waals surface area contributed by atoms with Crippen LogP contribution >= 0.6 is 0 Å². The summed E-state index contributed by atoms with van der Waals surface area (Å²) in [6.07, 6.45) is 0. The summed E-state index contributed by atoms with van der Waals surface area (Å²) >= 11 is 0. The number of hydrogen-bond donors (Lipinski definition) is 0. The molecule has 0 bridgehead atoms. The number of rotatable bonds is 2. The molecule has 3 nitrogen and oxygen atoms in total. The predicted octanol–water partition coefficient (Wildman–Crippen LogP) is -1.34. The van der Waals surface area contributed by atoms with Crippen LogP contribution in [0.1, 0.15) is 8.35 Å². The van der Waals surface area contributed by atoms with Crippen molar-refractivity contribution < 1.29 is 45.6 Å². The molecule has 0 radical (unpaired) electrons. The quantitative estimate of drug-likeness (QED) is 0.318. The van der Waals surface area contributed by atoms with Crippen LogP contribution in [0, 0.1) is 0 Å². The van der Waals surface area contributed by atoms with Gasteiger partial charge in [0.1, 0.15) is 0 Å². The molecule has 4 heteroatoms. The van der Waals surface area contributed by atoms with Gasteiger partial charge in [0.05, 0.1) is 0 Å². The fraction of sp³-hybridized carbons (Fsp3) is 0.125. The van der Waals surface area contributed by atoms with Gasteiger partial charge in [-0.05, 0) is 12.1 Å². The Morgan fingerprint density at radius 3 is 2.42 bits per heavy atom. The van der Waals surface area contributed by atoms with Crippen LogP contribution in [0.5, 0.6) is 5.75 Å². The van der Waals surface area contributed by atoms with E-state index in [0.717, 1.165) is 0 Å². The van der Waals surface area contributed by atoms with Crippen molar-refractivity contribution in [3.05, 3.63) is 30.3 Å². The number of hydrogen-bond acceptors (Lipinski definition) is 3. The largest absolute Gasteiger partial charge is 1.00 e. The van der Waals surface area contributed by atoms with Crippen molar-refractivity contribution in [1.82, 2.24) is 0 Å². The topological polar surface area (TPSA) is 35.5 Å². The second kappa shape index (κ2) is 6.06. The van der Waals surface area contributed by atoms with Gasteiger partial charge in [-0.3, -0.25) is 9.78 Å². The minimum atomic E-state index is -0.464. The van der Waals surface area contributed by atoms with Gasteiger partial charge >= 0.3 is 35.5 Å². The smallest absolute Gasteiger partial charge is 1.00 e. The number of carbonyl (C=O) groups excluding carboxylic acids is 1. The van der Waals surface area contributed by atoms with Crippen molar-refractivity contribution in [3.8, 4) is 5.75 Å². The number of carbonyl (C=O) groups is 1. The molecule has 0 amide bonds. The Kier molecular flexibility index (Phi) is 5.80. The molecule has 0 unspecified atom stereocenters. The van der Waals surface area contributed by atoms with Gasteiger partial charge in [-0.25, -0.2) is 4.79 Å². The van der Waals surface area contributed by atoms with E-state index >= 15 is 0 Å². The van der Waals surface area contributed by atoms with Crippen LogP contribution in [0.25, 0.3) is 0 Å². The van der Waals surface area contributed by atoms with E-state index in [4.69, 9.17) is 0 Å². The normalized spacial score (nSPS) is 8.08. The van der Waals surface area contributed by atoms with E-state index in [0.29, 0.717) is 5.75 Å². The SMILES string of the molecule is CC(=O)OOc1ccccc1.[H-].[Na+]. The summed E-state index contributed by atoms with van der Waals surface area (Å²) < 4.78 is 0. The van der Waals surface area contributed by atoms with Crippen LogP contribution in [-0.2, 0) is 9.68 Å². The van der Waals surface area contributed by atoms with Crippen molar-refractivity contribution in [3.63, 3.8) is 0 Å². The standard InChI is InChI=1S/C8H8O3.Na.H/c1-7(9)10-11-8-5-3-2-4-6-8;;/h2-6H,1H3;;/q;+1;-1. The van der Waals surface area contributed by atoms with Crippen molar-refractivity contribution in [1.29, 1.82) is 0 Å². The van der Waals surface area contributed by atoms with E-state index in [1.807, 2.05) is 6.07 Å². The third-order valence-electron chi connectivity index (χ3n) is 0.998. The van der Waals surface area contributed by atoms with Gasteiger partial charge in [-0.2, -0.15) is 0 Å². The zero-order valence-corrected chi connectivity index (χ0v) is 9.11. The first kappa shape index (κ1) is 11.5. The van der Waals surface area contributed by atoms with Crippen LogP contribution < -0.4 is 34.4 Å². The molecule has 0 fully saturated rings. The summed E-state index contributed by atoms with van der Waals surface area (Å²) in [4.78, 5) is 19.2. The Hall–Kier alpha value is -0.510. The maximum atomic E-state index is 10.3. The average Bonchev–Trinajstić information content (AvgIpc) is 2.03. The zero-order chi connectivity index (χ0) is 8.10. The van der Waals surface area contributed by atoms with Crippen LogP contribution in [-0.4, -0.2) is 5.97 Å². The Balaban J connectivity index is 0. The summed E-state index contributed by atoms with van der Waals surface area (Å²) in [6.45, 7) is 1.28. The van der Waals surface area contributed by atoms with E-state index in [9.17, 15) is 4.79 Å². The predicted molar refractivity (Wildman–Crippen MR) is 39.9 cm³/mol. The molecule has 0 aliphatic rings. The Bertz CT molecular complexity index is 240.